The maximum atomic E-state index is 12.9. The molecule has 0 saturated heterocycles. The second-order valence-corrected chi connectivity index (χ2v) is 8.45. The molecular formula is C28H30F3N3O3. The molecule has 0 aliphatic heterocycles. The first-order valence-electron chi connectivity index (χ1n) is 12.1. The van der Waals surface area contributed by atoms with Crippen LogP contribution in [0.5, 0.6) is 5.75 Å². The molecule has 0 aliphatic carbocycles. The molecule has 0 aliphatic rings. The predicted octanol–water partition coefficient (Wildman–Crippen LogP) is 6.97. The van der Waals surface area contributed by atoms with E-state index >= 15 is 0 Å². The number of nitrogens with one attached hydrogen (secondary N) is 3. The number of carbonyl (C=O) groups is 2. The minimum Gasteiger partial charge on any atom is -0.494 e. The summed E-state index contributed by atoms with van der Waals surface area (Å²) >= 11 is 0. The number of benzene rings is 3. The van der Waals surface area contributed by atoms with Gasteiger partial charge < -0.3 is 20.7 Å². The van der Waals surface area contributed by atoms with Crippen LogP contribution < -0.4 is 20.7 Å². The summed E-state index contributed by atoms with van der Waals surface area (Å²) in [5.74, 6) is -0.206. The van der Waals surface area contributed by atoms with Gasteiger partial charge in [-0.3, -0.25) is 9.59 Å². The summed E-state index contributed by atoms with van der Waals surface area (Å²) in [6.07, 6.45) is -0.0442. The van der Waals surface area contributed by atoms with Gasteiger partial charge in [0.25, 0.3) is 5.91 Å². The van der Waals surface area contributed by atoms with E-state index in [1.807, 2.05) is 24.3 Å². The third-order valence-electron chi connectivity index (χ3n) is 5.41. The molecule has 0 atom stereocenters. The number of hydrogen-bond donors (Lipinski definition) is 3. The van der Waals surface area contributed by atoms with E-state index in [4.69, 9.17) is 4.74 Å². The highest BCUT2D eigenvalue weighted by atomic mass is 19.4. The highest BCUT2D eigenvalue weighted by Gasteiger charge is 2.30. The number of hydrogen-bond acceptors (Lipinski definition) is 4. The number of anilines is 3. The molecule has 0 radical (unpaired) electrons. The third kappa shape index (κ3) is 9.18. The Morgan fingerprint density at radius 3 is 2.27 bits per heavy atom. The number of amides is 2. The number of rotatable bonds is 12. The molecule has 9 heteroatoms. The largest absolute Gasteiger partial charge is 0.494 e. The Balaban J connectivity index is 1.51. The van der Waals surface area contributed by atoms with Crippen LogP contribution >= 0.6 is 0 Å². The monoisotopic (exact) mass is 513 g/mol. The molecule has 3 aromatic rings. The molecule has 37 heavy (non-hydrogen) atoms. The molecule has 3 N–H and O–H groups in total. The smallest absolute Gasteiger partial charge is 0.416 e. The van der Waals surface area contributed by atoms with Gasteiger partial charge in [0, 0.05) is 28.7 Å². The Morgan fingerprint density at radius 2 is 1.51 bits per heavy atom. The van der Waals surface area contributed by atoms with Crippen LogP contribution in [-0.2, 0) is 11.0 Å². The third-order valence-corrected chi connectivity index (χ3v) is 5.41. The van der Waals surface area contributed by atoms with Gasteiger partial charge in [0.2, 0.25) is 5.91 Å². The zero-order chi connectivity index (χ0) is 26.7. The van der Waals surface area contributed by atoms with Crippen LogP contribution in [0.2, 0.25) is 0 Å². The average Bonchev–Trinajstić information content (AvgIpc) is 2.87. The quantitative estimate of drug-likeness (QED) is 0.229. The van der Waals surface area contributed by atoms with Crippen molar-refractivity contribution in [3.63, 3.8) is 0 Å². The van der Waals surface area contributed by atoms with Gasteiger partial charge in [0.05, 0.1) is 18.7 Å². The van der Waals surface area contributed by atoms with Crippen molar-refractivity contribution in [1.82, 2.24) is 0 Å². The number of ether oxygens (including phenoxy) is 1. The van der Waals surface area contributed by atoms with Crippen LogP contribution in [0.15, 0.2) is 72.8 Å². The van der Waals surface area contributed by atoms with Crippen LogP contribution in [0.3, 0.4) is 0 Å². The molecule has 0 spiro atoms. The number of unbranched alkanes of at least 4 members (excludes halogenated alkanes) is 3. The maximum absolute atomic E-state index is 12.9. The molecule has 0 fully saturated rings. The van der Waals surface area contributed by atoms with E-state index in [9.17, 15) is 22.8 Å². The molecule has 2 amide bonds. The van der Waals surface area contributed by atoms with Gasteiger partial charge in [-0.1, -0.05) is 44.4 Å². The highest BCUT2D eigenvalue weighted by molar-refractivity contribution is 6.05. The molecule has 196 valence electrons. The number of carbonyl (C=O) groups excluding carboxylic acids is 2. The summed E-state index contributed by atoms with van der Waals surface area (Å²) < 4.78 is 44.5. The first-order chi connectivity index (χ1) is 17.7. The van der Waals surface area contributed by atoms with Crippen molar-refractivity contribution in [3.05, 3.63) is 83.9 Å². The van der Waals surface area contributed by atoms with E-state index in [2.05, 4.69) is 22.9 Å². The van der Waals surface area contributed by atoms with Crippen molar-refractivity contribution < 1.29 is 27.5 Å². The summed E-state index contributed by atoms with van der Waals surface area (Å²) in [7, 11) is 0. The van der Waals surface area contributed by atoms with Crippen molar-refractivity contribution in [2.75, 3.05) is 29.1 Å². The SMILES string of the molecule is CCCCCCOc1cccc(NCC(=O)Nc2cccc(C(=O)Nc3cccc(C(F)(F)F)c3)c2)c1. The van der Waals surface area contributed by atoms with E-state index in [0.29, 0.717) is 12.3 Å². The summed E-state index contributed by atoms with van der Waals surface area (Å²) in [4.78, 5) is 25.0. The Bertz CT molecular complexity index is 1200. The molecule has 0 saturated carbocycles. The molecule has 3 aromatic carbocycles. The van der Waals surface area contributed by atoms with Gasteiger partial charge in [0.15, 0.2) is 0 Å². The first kappa shape index (κ1) is 27.6. The van der Waals surface area contributed by atoms with E-state index in [0.717, 1.165) is 36.4 Å². The second-order valence-electron chi connectivity index (χ2n) is 8.45. The van der Waals surface area contributed by atoms with Crippen molar-refractivity contribution in [3.8, 4) is 5.75 Å². The lowest BCUT2D eigenvalue weighted by molar-refractivity contribution is -0.137. The van der Waals surface area contributed by atoms with Crippen LogP contribution in [0.4, 0.5) is 30.2 Å². The van der Waals surface area contributed by atoms with Crippen LogP contribution in [-0.4, -0.2) is 25.0 Å². The van der Waals surface area contributed by atoms with Crippen molar-refractivity contribution in [2.45, 2.75) is 38.8 Å². The van der Waals surface area contributed by atoms with E-state index in [-0.39, 0.29) is 23.7 Å². The Morgan fingerprint density at radius 1 is 0.811 bits per heavy atom. The van der Waals surface area contributed by atoms with Gasteiger partial charge in [-0.05, 0) is 55.0 Å². The van der Waals surface area contributed by atoms with Gasteiger partial charge in [-0.2, -0.15) is 13.2 Å². The van der Waals surface area contributed by atoms with E-state index in [1.54, 1.807) is 12.1 Å². The van der Waals surface area contributed by atoms with Gasteiger partial charge >= 0.3 is 6.18 Å². The minimum absolute atomic E-state index is 0.0133. The molecule has 0 heterocycles. The molecule has 0 aromatic heterocycles. The van der Waals surface area contributed by atoms with Crippen molar-refractivity contribution >= 4 is 28.9 Å². The summed E-state index contributed by atoms with van der Waals surface area (Å²) in [6.45, 7) is 2.78. The summed E-state index contributed by atoms with van der Waals surface area (Å²) in [6, 6.07) is 17.9. The zero-order valence-electron chi connectivity index (χ0n) is 20.5. The van der Waals surface area contributed by atoms with Crippen LogP contribution in [0.25, 0.3) is 0 Å². The Labute approximate surface area is 214 Å². The Hall–Kier alpha value is -4.01. The second kappa shape index (κ2) is 13.3. The average molecular weight is 514 g/mol. The number of alkyl halides is 3. The molecule has 3 rings (SSSR count). The lowest BCUT2D eigenvalue weighted by Gasteiger charge is -2.12. The fraction of sp³-hybridized carbons (Fsp3) is 0.286. The van der Waals surface area contributed by atoms with Gasteiger partial charge in [0.1, 0.15) is 5.75 Å². The molecule has 0 bridgehead atoms. The normalized spacial score (nSPS) is 11.0. The molecular weight excluding hydrogens is 483 g/mol. The molecule has 0 unspecified atom stereocenters. The first-order valence-corrected chi connectivity index (χ1v) is 12.1. The zero-order valence-corrected chi connectivity index (χ0v) is 20.5. The maximum Gasteiger partial charge on any atom is 0.416 e. The summed E-state index contributed by atoms with van der Waals surface area (Å²) in [5.41, 5.74) is 0.462. The van der Waals surface area contributed by atoms with Crippen LogP contribution in [0.1, 0.15) is 48.5 Å². The lowest BCUT2D eigenvalue weighted by Crippen LogP contribution is -2.22. The fourth-order valence-corrected chi connectivity index (χ4v) is 3.52. The van der Waals surface area contributed by atoms with Gasteiger partial charge in [-0.25, -0.2) is 0 Å². The van der Waals surface area contributed by atoms with Gasteiger partial charge in [-0.15, -0.1) is 0 Å². The van der Waals surface area contributed by atoms with Crippen molar-refractivity contribution in [2.24, 2.45) is 0 Å². The van der Waals surface area contributed by atoms with Crippen LogP contribution in [0, 0.1) is 0 Å². The lowest BCUT2D eigenvalue weighted by atomic mass is 10.1. The van der Waals surface area contributed by atoms with E-state index < -0.39 is 17.6 Å². The molecule has 6 nitrogen and oxygen atoms in total. The minimum atomic E-state index is -4.51. The Kier molecular flexibility index (Phi) is 9.94. The highest BCUT2D eigenvalue weighted by Crippen LogP contribution is 2.30. The standard InChI is InChI=1S/C28H30F3N3O3/c1-2-3-4-5-15-37-25-14-8-11-22(18-25)32-19-26(35)33-23-12-6-9-20(16-23)27(36)34-24-13-7-10-21(17-24)28(29,30)31/h6-14,16-18,32H,2-5,15,19H2,1H3,(H,33,35)(H,34,36). The fourth-order valence-electron chi connectivity index (χ4n) is 3.52. The van der Waals surface area contributed by atoms with Crippen molar-refractivity contribution in [1.29, 1.82) is 0 Å². The topological polar surface area (TPSA) is 79.5 Å². The number of halogens is 3. The van der Waals surface area contributed by atoms with E-state index in [1.165, 1.54) is 37.1 Å². The summed E-state index contributed by atoms with van der Waals surface area (Å²) in [5, 5.41) is 8.20. The predicted molar refractivity (Wildman–Crippen MR) is 139 cm³/mol.